The van der Waals surface area contributed by atoms with E-state index in [9.17, 15) is 14.4 Å². The van der Waals surface area contributed by atoms with Crippen LogP contribution in [0.3, 0.4) is 0 Å². The molecule has 36 heavy (non-hydrogen) atoms. The lowest BCUT2D eigenvalue weighted by molar-refractivity contribution is -0.144. The molecule has 2 fully saturated rings. The first-order valence-corrected chi connectivity index (χ1v) is 13.0. The number of carbonyl (C=O) groups is 1. The molecule has 2 aliphatic rings. The van der Waals surface area contributed by atoms with Crippen LogP contribution in [0.5, 0.6) is 0 Å². The maximum Gasteiger partial charge on any atom is 0.325 e. The molecule has 1 heterocycles. The van der Waals surface area contributed by atoms with Crippen molar-refractivity contribution in [3.05, 3.63) is 69.9 Å². The number of ether oxygens (including phenoxy) is 2. The van der Waals surface area contributed by atoms with Gasteiger partial charge in [-0.1, -0.05) is 34.7 Å². The van der Waals surface area contributed by atoms with Gasteiger partial charge in [0, 0.05) is 29.5 Å². The van der Waals surface area contributed by atoms with Gasteiger partial charge in [-0.25, -0.2) is 4.39 Å². The molecule has 1 atom stereocenters. The van der Waals surface area contributed by atoms with Gasteiger partial charge in [0.05, 0.1) is 6.61 Å². The molecule has 1 unspecified atom stereocenters. The fraction of sp³-hybridized carbons (Fsp3) is 0.500. The van der Waals surface area contributed by atoms with Crippen molar-refractivity contribution in [2.24, 2.45) is 5.41 Å². The van der Waals surface area contributed by atoms with E-state index in [0.717, 1.165) is 19.3 Å². The molecule has 194 valence electrons. The lowest BCUT2D eigenvalue weighted by Gasteiger charge is -2.41. The number of halogens is 2. The minimum Gasteiger partial charge on any atom is -0.487 e. The molecule has 1 saturated carbocycles. The monoisotopic (exact) mass is 559 g/mol. The lowest BCUT2D eigenvalue weighted by Crippen LogP contribution is -2.45. The number of nitrogens with zero attached hydrogens (tertiary/aromatic N) is 3. The van der Waals surface area contributed by atoms with Gasteiger partial charge in [0.25, 0.3) is 0 Å². The zero-order chi connectivity index (χ0) is 26.7. The summed E-state index contributed by atoms with van der Waals surface area (Å²) in [5.41, 5.74) is 1.53. The first-order chi connectivity index (χ1) is 16.9. The number of carbonyl (C=O) groups excluding carboxylic acids is 1. The summed E-state index contributed by atoms with van der Waals surface area (Å²) in [6.45, 7) is 17.3. The summed E-state index contributed by atoms with van der Waals surface area (Å²) in [7, 11) is 0. The molecule has 1 spiro atoms. The first kappa shape index (κ1) is 27.8. The van der Waals surface area contributed by atoms with E-state index in [1.165, 1.54) is 17.7 Å². The molecule has 0 aromatic heterocycles. The number of likely N-dealkylation sites (tertiary alicyclic amines) is 1. The molecule has 1 saturated heterocycles. The third-order valence-electron chi connectivity index (χ3n) is 6.39. The maximum absolute atomic E-state index is 14.2. The van der Waals surface area contributed by atoms with E-state index in [0.29, 0.717) is 28.9 Å². The quantitative estimate of drug-likeness (QED) is 0.120. The van der Waals surface area contributed by atoms with Crippen LogP contribution in [0.1, 0.15) is 52.5 Å². The Balaban J connectivity index is 2.13. The van der Waals surface area contributed by atoms with Crippen LogP contribution in [0.15, 0.2) is 58.6 Å². The summed E-state index contributed by atoms with van der Waals surface area (Å²) < 4.78 is 26.2. The Morgan fingerprint density at radius 2 is 2.08 bits per heavy atom. The Kier molecular flexibility index (Phi) is 8.55. The van der Waals surface area contributed by atoms with Gasteiger partial charge in [0.15, 0.2) is 0 Å². The van der Waals surface area contributed by atoms with Gasteiger partial charge in [0.2, 0.25) is 0 Å². The topological polar surface area (TPSA) is 65.8 Å². The van der Waals surface area contributed by atoms with Gasteiger partial charge in [-0.15, -0.1) is 0 Å². The van der Waals surface area contributed by atoms with E-state index in [-0.39, 0.29) is 42.3 Å². The summed E-state index contributed by atoms with van der Waals surface area (Å²) in [5, 5.41) is 10.3. The number of benzene rings is 1. The van der Waals surface area contributed by atoms with Crippen molar-refractivity contribution in [3.63, 3.8) is 0 Å². The Morgan fingerprint density at radius 3 is 2.67 bits per heavy atom. The molecule has 6 nitrogen and oxygen atoms in total. The molecule has 8 heteroatoms. The van der Waals surface area contributed by atoms with Crippen molar-refractivity contribution >= 4 is 21.9 Å². The number of rotatable bonds is 9. The van der Waals surface area contributed by atoms with Crippen LogP contribution in [0.4, 0.5) is 4.39 Å². The molecule has 3 rings (SSSR count). The van der Waals surface area contributed by atoms with Gasteiger partial charge in [-0.3, -0.25) is 4.79 Å². The average Bonchev–Trinajstić information content (AvgIpc) is 3.39. The molecule has 1 aliphatic heterocycles. The average molecular weight is 561 g/mol. The molecule has 0 amide bonds. The number of hydrogen-bond acceptors (Lipinski definition) is 6. The van der Waals surface area contributed by atoms with E-state index >= 15 is 0 Å². The minimum atomic E-state index is -0.574. The molecule has 1 aliphatic carbocycles. The Bertz CT molecular complexity index is 1120. The van der Waals surface area contributed by atoms with E-state index < -0.39 is 11.6 Å². The van der Waals surface area contributed by atoms with Crippen LogP contribution < -0.4 is 0 Å². The van der Waals surface area contributed by atoms with Crippen LogP contribution in [0.25, 0.3) is 0 Å². The Labute approximate surface area is 222 Å². The zero-order valence-corrected chi connectivity index (χ0v) is 23.2. The third kappa shape index (κ3) is 6.70. The van der Waals surface area contributed by atoms with Crippen molar-refractivity contribution in [2.75, 3.05) is 26.2 Å². The highest BCUT2D eigenvalue weighted by Gasteiger charge is 2.50. The highest BCUT2D eigenvalue weighted by Crippen LogP contribution is 2.57. The van der Waals surface area contributed by atoms with Crippen LogP contribution in [0.2, 0.25) is 0 Å². The number of allylic oxidation sites excluding steroid dienone is 1. The number of esters is 1. The smallest absolute Gasteiger partial charge is 0.325 e. The van der Waals surface area contributed by atoms with E-state index in [1.807, 2.05) is 20.8 Å². The van der Waals surface area contributed by atoms with E-state index in [2.05, 4.69) is 40.1 Å². The third-order valence-corrected chi connectivity index (χ3v) is 7.16. The minimum absolute atomic E-state index is 0.0192. The van der Waals surface area contributed by atoms with Crippen LogP contribution in [0, 0.1) is 22.6 Å². The summed E-state index contributed by atoms with van der Waals surface area (Å²) in [5.74, 6) is -0.0668. The van der Waals surface area contributed by atoms with Crippen molar-refractivity contribution < 1.29 is 18.7 Å². The predicted octanol–water partition coefficient (Wildman–Crippen LogP) is 6.06. The zero-order valence-electron chi connectivity index (χ0n) is 21.6. The standard InChI is InChI=1S/C28H35BrFN3O3/c1-7-35-25(34)17-33(16-21-13-22(30)9-10-24(21)29)26(23(15-31)20(3)36-27(4,5)6)32-12-8-11-28(18-32)14-19(28)2/h9-10,13H,2-3,7-8,11-12,14,16-18H2,1,4-6H3/b26-23+. The normalized spacial score (nSPS) is 19.9. The van der Waals surface area contributed by atoms with Gasteiger partial charge < -0.3 is 19.3 Å². The Hall–Kier alpha value is -2.79. The Morgan fingerprint density at radius 1 is 1.39 bits per heavy atom. The SMILES string of the molecule is C=C(OC(C)(C)C)/C(C#N)=C(/N(CC(=O)OCC)Cc1cc(F)ccc1Br)N1CCCC2(CC2=C)C1. The highest BCUT2D eigenvalue weighted by atomic mass is 79.9. The largest absolute Gasteiger partial charge is 0.487 e. The van der Waals surface area contributed by atoms with Gasteiger partial charge >= 0.3 is 5.97 Å². The first-order valence-electron chi connectivity index (χ1n) is 12.2. The van der Waals surface area contributed by atoms with Crippen LogP contribution >= 0.6 is 15.9 Å². The number of hydrogen-bond donors (Lipinski definition) is 0. The second kappa shape index (κ2) is 11.1. The number of piperidine rings is 1. The highest BCUT2D eigenvalue weighted by molar-refractivity contribution is 9.10. The van der Waals surface area contributed by atoms with E-state index in [4.69, 9.17) is 9.47 Å². The molecule has 0 bridgehead atoms. The predicted molar refractivity (Wildman–Crippen MR) is 141 cm³/mol. The van der Waals surface area contributed by atoms with Crippen molar-refractivity contribution in [1.29, 1.82) is 5.26 Å². The van der Waals surface area contributed by atoms with E-state index in [1.54, 1.807) is 17.9 Å². The molecular formula is C28H35BrFN3O3. The molecule has 0 N–H and O–H groups in total. The van der Waals surface area contributed by atoms with Crippen LogP contribution in [-0.4, -0.2) is 47.6 Å². The summed E-state index contributed by atoms with van der Waals surface area (Å²) in [6, 6.07) is 6.71. The fourth-order valence-corrected chi connectivity index (χ4v) is 5.09. The maximum atomic E-state index is 14.2. The molecule has 0 radical (unpaired) electrons. The molecule has 1 aromatic carbocycles. The van der Waals surface area contributed by atoms with Crippen LogP contribution in [-0.2, 0) is 20.8 Å². The second-order valence-electron chi connectivity index (χ2n) is 10.4. The number of nitriles is 1. The van der Waals surface area contributed by atoms with Gasteiger partial charge in [-0.05, 0) is 70.7 Å². The molecule has 1 aromatic rings. The van der Waals surface area contributed by atoms with Gasteiger partial charge in [0.1, 0.15) is 41.2 Å². The summed E-state index contributed by atoms with van der Waals surface area (Å²) in [6.07, 6.45) is 2.92. The van der Waals surface area contributed by atoms with Crippen molar-refractivity contribution in [1.82, 2.24) is 9.80 Å². The summed E-state index contributed by atoms with van der Waals surface area (Å²) >= 11 is 3.50. The van der Waals surface area contributed by atoms with Crippen molar-refractivity contribution in [3.8, 4) is 6.07 Å². The second-order valence-corrected chi connectivity index (χ2v) is 11.3. The summed E-state index contributed by atoms with van der Waals surface area (Å²) in [4.78, 5) is 16.6. The lowest BCUT2D eigenvalue weighted by atomic mass is 9.93. The molecular weight excluding hydrogens is 525 g/mol. The van der Waals surface area contributed by atoms with Crippen molar-refractivity contribution in [2.45, 2.75) is 59.1 Å². The fourth-order valence-electron chi connectivity index (χ4n) is 4.72. The van der Waals surface area contributed by atoms with Gasteiger partial charge in [-0.2, -0.15) is 5.26 Å².